The number of benzene rings is 2. The normalized spacial score (nSPS) is 14.5. The van der Waals surface area contributed by atoms with Gasteiger partial charge in [0.25, 0.3) is 0 Å². The van der Waals surface area contributed by atoms with E-state index in [9.17, 15) is 5.11 Å². The van der Waals surface area contributed by atoms with Crippen molar-refractivity contribution in [2.24, 2.45) is 11.1 Å². The SMILES string of the molecule is CC/C=c1\c(OCc2ccccc2)ccc\c1=C(/CO)N(C)CC(N)C(C)(C)C. The zero-order valence-corrected chi connectivity index (χ0v) is 18.5. The van der Waals surface area contributed by atoms with E-state index in [0.29, 0.717) is 13.2 Å². The van der Waals surface area contributed by atoms with Crippen LogP contribution in [0.1, 0.15) is 39.7 Å². The van der Waals surface area contributed by atoms with E-state index < -0.39 is 0 Å². The quantitative estimate of drug-likeness (QED) is 0.720. The molecule has 0 saturated heterocycles. The Hall–Kier alpha value is -2.30. The summed E-state index contributed by atoms with van der Waals surface area (Å²) in [7, 11) is 1.99. The first-order valence-corrected chi connectivity index (χ1v) is 10.3. The number of rotatable bonds is 8. The van der Waals surface area contributed by atoms with Crippen molar-refractivity contribution in [2.45, 2.75) is 46.8 Å². The molecule has 1 atom stereocenters. The Labute approximate surface area is 175 Å². The van der Waals surface area contributed by atoms with Crippen LogP contribution in [0.15, 0.2) is 48.5 Å². The van der Waals surface area contributed by atoms with Gasteiger partial charge in [0.05, 0.1) is 6.61 Å². The Morgan fingerprint density at radius 1 is 1.14 bits per heavy atom. The molecule has 0 aliphatic rings. The van der Waals surface area contributed by atoms with Gasteiger partial charge in [-0.3, -0.25) is 0 Å². The van der Waals surface area contributed by atoms with Crippen LogP contribution in [0, 0.1) is 5.41 Å². The molecule has 0 saturated carbocycles. The highest BCUT2D eigenvalue weighted by molar-refractivity contribution is 5.48. The van der Waals surface area contributed by atoms with Crippen molar-refractivity contribution in [1.29, 1.82) is 0 Å². The molecule has 0 aliphatic heterocycles. The summed E-state index contributed by atoms with van der Waals surface area (Å²) in [5.74, 6) is 0.827. The predicted molar refractivity (Wildman–Crippen MR) is 122 cm³/mol. The molecule has 2 rings (SSSR count). The molecule has 2 aromatic carbocycles. The Bertz CT molecular complexity index is 885. The van der Waals surface area contributed by atoms with Crippen molar-refractivity contribution < 1.29 is 9.84 Å². The van der Waals surface area contributed by atoms with E-state index in [-0.39, 0.29) is 18.1 Å². The number of hydrogen-bond acceptors (Lipinski definition) is 4. The highest BCUT2D eigenvalue weighted by Crippen LogP contribution is 2.19. The summed E-state index contributed by atoms with van der Waals surface area (Å²) in [4.78, 5) is 2.07. The lowest BCUT2D eigenvalue weighted by Crippen LogP contribution is -2.46. The topological polar surface area (TPSA) is 58.7 Å². The summed E-state index contributed by atoms with van der Waals surface area (Å²) >= 11 is 0. The smallest absolute Gasteiger partial charge is 0.127 e. The van der Waals surface area contributed by atoms with Crippen molar-refractivity contribution in [3.8, 4) is 5.75 Å². The summed E-state index contributed by atoms with van der Waals surface area (Å²) in [5.41, 5.74) is 8.37. The Morgan fingerprint density at radius 2 is 1.83 bits per heavy atom. The molecule has 0 aromatic heterocycles. The van der Waals surface area contributed by atoms with E-state index in [2.05, 4.69) is 50.8 Å². The molecule has 2 aromatic rings. The molecule has 4 nitrogen and oxygen atoms in total. The van der Waals surface area contributed by atoms with Gasteiger partial charge in [0.1, 0.15) is 12.4 Å². The first-order chi connectivity index (χ1) is 13.8. The second-order valence-corrected chi connectivity index (χ2v) is 8.56. The standard InChI is InChI=1S/C25H36N2O2/c1-6-11-21-20(22(17-28)27(5)16-24(26)25(2,3)4)14-10-15-23(21)29-18-19-12-8-7-9-13-19/h7-15,24,28H,6,16-18,26H2,1-5H3/b21-11-,22-20-. The van der Waals surface area contributed by atoms with Gasteiger partial charge in [0.15, 0.2) is 0 Å². The lowest BCUT2D eigenvalue weighted by atomic mass is 9.87. The largest absolute Gasteiger partial charge is 0.488 e. The molecule has 0 amide bonds. The highest BCUT2D eigenvalue weighted by Gasteiger charge is 2.22. The molecular formula is C25H36N2O2. The third kappa shape index (κ3) is 6.34. The second kappa shape index (κ2) is 10.5. The van der Waals surface area contributed by atoms with E-state index in [4.69, 9.17) is 10.5 Å². The Balaban J connectivity index is 2.45. The van der Waals surface area contributed by atoms with Gasteiger partial charge in [-0.05, 0) is 23.5 Å². The molecule has 0 bridgehead atoms. The van der Waals surface area contributed by atoms with Crippen LogP contribution in [0.2, 0.25) is 0 Å². The minimum Gasteiger partial charge on any atom is -0.488 e. The molecule has 1 unspecified atom stereocenters. The monoisotopic (exact) mass is 396 g/mol. The van der Waals surface area contributed by atoms with Gasteiger partial charge in [-0.25, -0.2) is 0 Å². The molecule has 29 heavy (non-hydrogen) atoms. The van der Waals surface area contributed by atoms with Crippen molar-refractivity contribution in [3.05, 3.63) is 64.5 Å². The van der Waals surface area contributed by atoms with Crippen LogP contribution in [0.4, 0.5) is 0 Å². The summed E-state index contributed by atoms with van der Waals surface area (Å²) in [6.07, 6.45) is 3.03. The maximum absolute atomic E-state index is 10.2. The zero-order chi connectivity index (χ0) is 21.4. The highest BCUT2D eigenvalue weighted by atomic mass is 16.5. The van der Waals surface area contributed by atoms with E-state index in [1.165, 1.54) is 0 Å². The van der Waals surface area contributed by atoms with E-state index in [0.717, 1.165) is 33.9 Å². The minimum absolute atomic E-state index is 0.00611. The fraction of sp³-hybridized carbons (Fsp3) is 0.440. The maximum atomic E-state index is 10.2. The summed E-state index contributed by atoms with van der Waals surface area (Å²) in [6.45, 7) is 9.64. The fourth-order valence-corrected chi connectivity index (χ4v) is 3.16. The van der Waals surface area contributed by atoms with Gasteiger partial charge in [0, 0.05) is 35.8 Å². The second-order valence-electron chi connectivity index (χ2n) is 8.56. The van der Waals surface area contributed by atoms with Crippen molar-refractivity contribution in [3.63, 3.8) is 0 Å². The molecule has 4 heteroatoms. The Morgan fingerprint density at radius 3 is 2.41 bits per heavy atom. The van der Waals surface area contributed by atoms with E-state index >= 15 is 0 Å². The average molecular weight is 397 g/mol. The van der Waals surface area contributed by atoms with Crippen LogP contribution >= 0.6 is 0 Å². The van der Waals surface area contributed by atoms with E-state index in [1.807, 2.05) is 43.4 Å². The number of nitrogens with zero attached hydrogens (tertiary/aromatic N) is 1. The molecule has 3 N–H and O–H groups in total. The number of likely N-dealkylation sites (N-methyl/N-ethyl adjacent to an activating group) is 1. The first kappa shape index (κ1) is 23.0. The van der Waals surface area contributed by atoms with Crippen molar-refractivity contribution >= 4 is 11.8 Å². The van der Waals surface area contributed by atoms with Crippen LogP contribution in [-0.4, -0.2) is 36.2 Å². The van der Waals surface area contributed by atoms with Crippen LogP contribution in [0.25, 0.3) is 11.8 Å². The van der Waals surface area contributed by atoms with Crippen LogP contribution in [-0.2, 0) is 6.61 Å². The number of aliphatic hydroxyl groups is 1. The van der Waals surface area contributed by atoms with Gasteiger partial charge in [0.2, 0.25) is 0 Å². The zero-order valence-electron chi connectivity index (χ0n) is 18.5. The third-order valence-electron chi connectivity index (χ3n) is 5.22. The van der Waals surface area contributed by atoms with Gasteiger partial charge in [-0.2, -0.15) is 0 Å². The number of hydrogen-bond donors (Lipinski definition) is 2. The molecule has 0 spiro atoms. The fourth-order valence-electron chi connectivity index (χ4n) is 3.16. The molecule has 0 fully saturated rings. The van der Waals surface area contributed by atoms with Gasteiger partial charge < -0.3 is 20.5 Å². The average Bonchev–Trinajstić information content (AvgIpc) is 2.68. The summed E-state index contributed by atoms with van der Waals surface area (Å²) < 4.78 is 6.16. The number of aliphatic hydroxyl groups excluding tert-OH is 1. The van der Waals surface area contributed by atoms with Crippen LogP contribution in [0.3, 0.4) is 0 Å². The Kier molecular flexibility index (Phi) is 8.30. The van der Waals surface area contributed by atoms with Crippen molar-refractivity contribution in [1.82, 2.24) is 4.90 Å². The molecular weight excluding hydrogens is 360 g/mol. The summed E-state index contributed by atoms with van der Waals surface area (Å²) in [5, 5.41) is 12.2. The number of nitrogens with two attached hydrogens (primary N) is 1. The van der Waals surface area contributed by atoms with Gasteiger partial charge in [-0.15, -0.1) is 0 Å². The van der Waals surface area contributed by atoms with Crippen molar-refractivity contribution in [2.75, 3.05) is 20.2 Å². The molecule has 158 valence electrons. The lowest BCUT2D eigenvalue weighted by molar-refractivity contribution is 0.252. The lowest BCUT2D eigenvalue weighted by Gasteiger charge is -2.32. The summed E-state index contributed by atoms with van der Waals surface area (Å²) in [6, 6.07) is 16.1. The van der Waals surface area contributed by atoms with Gasteiger partial charge in [-0.1, -0.05) is 76.2 Å². The van der Waals surface area contributed by atoms with E-state index in [1.54, 1.807) is 0 Å². The molecule has 0 radical (unpaired) electrons. The maximum Gasteiger partial charge on any atom is 0.127 e. The van der Waals surface area contributed by atoms with Crippen LogP contribution in [0.5, 0.6) is 5.75 Å². The van der Waals surface area contributed by atoms with Crippen LogP contribution < -0.4 is 20.9 Å². The van der Waals surface area contributed by atoms with Gasteiger partial charge >= 0.3 is 0 Å². The first-order valence-electron chi connectivity index (χ1n) is 10.3. The molecule has 0 heterocycles. The third-order valence-corrected chi connectivity index (χ3v) is 5.22. The number of ether oxygens (including phenoxy) is 1. The predicted octanol–water partition coefficient (Wildman–Crippen LogP) is 2.86. The minimum atomic E-state index is -0.0555. The molecule has 0 aliphatic carbocycles.